The van der Waals surface area contributed by atoms with Crippen LogP contribution in [0.4, 0.5) is 8.78 Å². The number of nitrogens with one attached hydrogen (secondary N) is 1. The molecule has 1 heterocycles. The van der Waals surface area contributed by atoms with Gasteiger partial charge in [-0.2, -0.15) is 0 Å². The average molecular weight is 283 g/mol. The van der Waals surface area contributed by atoms with Gasteiger partial charge in [0.25, 0.3) is 0 Å². The lowest BCUT2D eigenvalue weighted by Gasteiger charge is -2.22. The van der Waals surface area contributed by atoms with Gasteiger partial charge in [-0.25, -0.2) is 8.78 Å². The van der Waals surface area contributed by atoms with Gasteiger partial charge in [0, 0.05) is 12.6 Å². The molecule has 0 aliphatic carbocycles. The highest BCUT2D eigenvalue weighted by molar-refractivity contribution is 5.19. The van der Waals surface area contributed by atoms with Crippen molar-refractivity contribution in [2.45, 2.75) is 51.2 Å². The molecular weight excluding hydrogens is 260 g/mol. The predicted octanol–water partition coefficient (Wildman–Crippen LogP) is 3.44. The molecule has 4 heteroatoms. The SMILES string of the molecule is CCCNC(Cc1cc(F)ccc1F)CC1CCCO1. The van der Waals surface area contributed by atoms with E-state index in [0.717, 1.165) is 44.9 Å². The molecule has 1 saturated heterocycles. The van der Waals surface area contributed by atoms with Crippen LogP contribution < -0.4 is 5.32 Å². The molecule has 1 aliphatic rings. The second kappa shape index (κ2) is 7.70. The van der Waals surface area contributed by atoms with E-state index in [-0.39, 0.29) is 23.8 Å². The molecule has 2 atom stereocenters. The molecule has 0 amide bonds. The van der Waals surface area contributed by atoms with E-state index in [2.05, 4.69) is 12.2 Å². The summed E-state index contributed by atoms with van der Waals surface area (Å²) >= 11 is 0. The predicted molar refractivity (Wildman–Crippen MR) is 75.7 cm³/mol. The summed E-state index contributed by atoms with van der Waals surface area (Å²) in [6.07, 6.45) is 4.80. The fraction of sp³-hybridized carbons (Fsp3) is 0.625. The van der Waals surface area contributed by atoms with Crippen molar-refractivity contribution in [2.75, 3.05) is 13.2 Å². The van der Waals surface area contributed by atoms with Crippen LogP contribution in [0, 0.1) is 11.6 Å². The van der Waals surface area contributed by atoms with Gasteiger partial charge in [-0.3, -0.25) is 0 Å². The number of rotatable bonds is 7. The molecule has 2 unspecified atom stereocenters. The monoisotopic (exact) mass is 283 g/mol. The Hall–Kier alpha value is -1.00. The van der Waals surface area contributed by atoms with Crippen LogP contribution in [0.2, 0.25) is 0 Å². The van der Waals surface area contributed by atoms with Gasteiger partial charge in [-0.05, 0) is 62.4 Å². The molecule has 2 nitrogen and oxygen atoms in total. The maximum Gasteiger partial charge on any atom is 0.126 e. The van der Waals surface area contributed by atoms with Crippen molar-refractivity contribution < 1.29 is 13.5 Å². The Bertz CT molecular complexity index is 419. The van der Waals surface area contributed by atoms with Crippen LogP contribution in [0.5, 0.6) is 0 Å². The molecule has 0 bridgehead atoms. The van der Waals surface area contributed by atoms with Crippen LogP contribution in [0.1, 0.15) is 38.2 Å². The van der Waals surface area contributed by atoms with Crippen LogP contribution >= 0.6 is 0 Å². The zero-order chi connectivity index (χ0) is 14.4. The molecule has 112 valence electrons. The third kappa shape index (κ3) is 4.53. The van der Waals surface area contributed by atoms with Gasteiger partial charge in [-0.1, -0.05) is 6.92 Å². The minimum Gasteiger partial charge on any atom is -0.378 e. The van der Waals surface area contributed by atoms with E-state index in [4.69, 9.17) is 4.74 Å². The van der Waals surface area contributed by atoms with E-state index in [0.29, 0.717) is 12.0 Å². The van der Waals surface area contributed by atoms with E-state index in [9.17, 15) is 8.78 Å². The third-order valence-electron chi connectivity index (χ3n) is 3.73. The van der Waals surface area contributed by atoms with E-state index in [1.807, 2.05) is 0 Å². The second-order valence-corrected chi connectivity index (χ2v) is 5.46. The summed E-state index contributed by atoms with van der Waals surface area (Å²) < 4.78 is 32.6. The molecule has 1 aliphatic heterocycles. The van der Waals surface area contributed by atoms with Gasteiger partial charge in [-0.15, -0.1) is 0 Å². The Morgan fingerprint density at radius 2 is 2.25 bits per heavy atom. The lowest BCUT2D eigenvalue weighted by atomic mass is 9.98. The largest absolute Gasteiger partial charge is 0.378 e. The summed E-state index contributed by atoms with van der Waals surface area (Å²) in [6.45, 7) is 3.80. The minimum absolute atomic E-state index is 0.134. The zero-order valence-corrected chi connectivity index (χ0v) is 12.0. The smallest absolute Gasteiger partial charge is 0.126 e. The van der Waals surface area contributed by atoms with Crippen LogP contribution in [0.3, 0.4) is 0 Å². The van der Waals surface area contributed by atoms with Crippen LogP contribution in [-0.4, -0.2) is 25.3 Å². The molecule has 1 aromatic rings. The minimum atomic E-state index is -0.382. The number of benzene rings is 1. The summed E-state index contributed by atoms with van der Waals surface area (Å²) in [6, 6.07) is 3.79. The molecular formula is C16H23F2NO. The highest BCUT2D eigenvalue weighted by Crippen LogP contribution is 2.20. The number of ether oxygens (including phenoxy) is 1. The number of halogens is 2. The van der Waals surface area contributed by atoms with Crippen molar-refractivity contribution in [1.82, 2.24) is 5.32 Å². The Balaban J connectivity index is 1.99. The van der Waals surface area contributed by atoms with Crippen LogP contribution in [-0.2, 0) is 11.2 Å². The molecule has 20 heavy (non-hydrogen) atoms. The molecule has 1 aromatic carbocycles. The Morgan fingerprint density at radius 3 is 2.95 bits per heavy atom. The molecule has 1 fully saturated rings. The zero-order valence-electron chi connectivity index (χ0n) is 12.0. The first-order valence-electron chi connectivity index (χ1n) is 7.48. The molecule has 0 spiro atoms. The van der Waals surface area contributed by atoms with Gasteiger partial charge < -0.3 is 10.1 Å². The quantitative estimate of drug-likeness (QED) is 0.827. The average Bonchev–Trinajstić information content (AvgIpc) is 2.93. The first-order chi connectivity index (χ1) is 9.69. The molecule has 1 N–H and O–H groups in total. The van der Waals surface area contributed by atoms with Gasteiger partial charge in [0.15, 0.2) is 0 Å². The lowest BCUT2D eigenvalue weighted by Crippen LogP contribution is -2.35. The lowest BCUT2D eigenvalue weighted by molar-refractivity contribution is 0.0945. The van der Waals surface area contributed by atoms with Gasteiger partial charge in [0.2, 0.25) is 0 Å². The topological polar surface area (TPSA) is 21.3 Å². The third-order valence-corrected chi connectivity index (χ3v) is 3.73. The number of hydrogen-bond acceptors (Lipinski definition) is 2. The van der Waals surface area contributed by atoms with Crippen molar-refractivity contribution in [1.29, 1.82) is 0 Å². The first-order valence-corrected chi connectivity index (χ1v) is 7.48. The molecule has 2 rings (SSSR count). The second-order valence-electron chi connectivity index (χ2n) is 5.46. The van der Waals surface area contributed by atoms with Gasteiger partial charge >= 0.3 is 0 Å². The molecule has 0 aromatic heterocycles. The fourth-order valence-corrected chi connectivity index (χ4v) is 2.70. The summed E-state index contributed by atoms with van der Waals surface area (Å²) in [5.74, 6) is -0.713. The van der Waals surface area contributed by atoms with Crippen molar-refractivity contribution >= 4 is 0 Å². The summed E-state index contributed by atoms with van der Waals surface area (Å²) in [5.41, 5.74) is 0.441. The highest BCUT2D eigenvalue weighted by atomic mass is 19.1. The van der Waals surface area contributed by atoms with Crippen molar-refractivity contribution in [3.05, 3.63) is 35.4 Å². The maximum atomic E-state index is 13.7. The maximum absolute atomic E-state index is 13.7. The first kappa shape index (κ1) is 15.4. The van der Waals surface area contributed by atoms with E-state index in [1.54, 1.807) is 0 Å². The van der Waals surface area contributed by atoms with Crippen molar-refractivity contribution in [3.63, 3.8) is 0 Å². The Morgan fingerprint density at radius 1 is 1.40 bits per heavy atom. The summed E-state index contributed by atoms with van der Waals surface area (Å²) in [7, 11) is 0. The van der Waals surface area contributed by atoms with Crippen LogP contribution in [0.15, 0.2) is 18.2 Å². The summed E-state index contributed by atoms with van der Waals surface area (Å²) in [4.78, 5) is 0. The fourth-order valence-electron chi connectivity index (χ4n) is 2.70. The summed E-state index contributed by atoms with van der Waals surface area (Å²) in [5, 5.41) is 3.42. The normalized spacial score (nSPS) is 20.2. The Labute approximate surface area is 119 Å². The van der Waals surface area contributed by atoms with Crippen molar-refractivity contribution in [2.24, 2.45) is 0 Å². The van der Waals surface area contributed by atoms with Crippen molar-refractivity contribution in [3.8, 4) is 0 Å². The molecule has 0 saturated carbocycles. The highest BCUT2D eigenvalue weighted by Gasteiger charge is 2.21. The van der Waals surface area contributed by atoms with Crippen LogP contribution in [0.25, 0.3) is 0 Å². The van der Waals surface area contributed by atoms with E-state index >= 15 is 0 Å². The number of hydrogen-bond donors (Lipinski definition) is 1. The van der Waals surface area contributed by atoms with Gasteiger partial charge in [0.05, 0.1) is 6.10 Å². The van der Waals surface area contributed by atoms with Gasteiger partial charge in [0.1, 0.15) is 11.6 Å². The standard InChI is InChI=1S/C16H23F2NO/c1-2-7-19-14(11-15-4-3-8-20-15)10-12-9-13(17)5-6-16(12)18/h5-6,9,14-15,19H,2-4,7-8,10-11H2,1H3. The Kier molecular flexibility index (Phi) is 5.92. The van der Waals surface area contributed by atoms with E-state index < -0.39 is 0 Å². The molecule has 0 radical (unpaired) electrons. The van der Waals surface area contributed by atoms with E-state index in [1.165, 1.54) is 12.1 Å².